The normalized spacial score (nSPS) is 17.7. The summed E-state index contributed by atoms with van der Waals surface area (Å²) in [5.74, 6) is 0.677. The van der Waals surface area contributed by atoms with Crippen LogP contribution in [0.5, 0.6) is 0 Å². The van der Waals surface area contributed by atoms with Crippen LogP contribution in [0.2, 0.25) is 0 Å². The third-order valence-corrected chi connectivity index (χ3v) is 7.90. The van der Waals surface area contributed by atoms with Gasteiger partial charge >= 0.3 is 0 Å². The summed E-state index contributed by atoms with van der Waals surface area (Å²) >= 11 is 0. The highest BCUT2D eigenvalue weighted by atomic mass is 14.8. The van der Waals surface area contributed by atoms with E-state index in [2.05, 4.69) is 89.3 Å². The van der Waals surface area contributed by atoms with E-state index < -0.39 is 0 Å². The zero-order valence-electron chi connectivity index (χ0n) is 21.4. The number of aryl methyl sites for hydroxylation is 3. The van der Waals surface area contributed by atoms with E-state index in [1.165, 1.54) is 27.8 Å². The second-order valence-electron chi connectivity index (χ2n) is 9.87. The molecule has 0 amide bonds. The molecule has 0 aliphatic carbocycles. The topological polar surface area (TPSA) is 57.4 Å². The van der Waals surface area contributed by atoms with Gasteiger partial charge < -0.3 is 9.97 Å². The Bertz CT molecular complexity index is 1530. The average molecular weight is 451 g/mol. The highest BCUT2D eigenvalue weighted by molar-refractivity contribution is 5.86. The Balaban J connectivity index is 2.00. The minimum absolute atomic E-state index is 0.338. The molecule has 5 rings (SSSR count). The van der Waals surface area contributed by atoms with Crippen LogP contribution in [0, 0.1) is 20.8 Å². The fourth-order valence-corrected chi connectivity index (χ4v) is 5.43. The van der Waals surface area contributed by atoms with Gasteiger partial charge in [0.25, 0.3) is 0 Å². The molecule has 0 aromatic carbocycles. The zero-order valence-corrected chi connectivity index (χ0v) is 21.4. The molecule has 4 heteroatoms. The lowest BCUT2D eigenvalue weighted by atomic mass is 9.91. The van der Waals surface area contributed by atoms with Gasteiger partial charge in [0, 0.05) is 50.9 Å². The standard InChI is InChI=1S/C30H34N4/c1-9-21-19(7)27-14-29-22(10-2)18(6)26(32-29)13-25-16(4)17(5)30(34-25)20(8)24-11-15(3)23(31-24)12-28(21)33-27/h10-14,16-17,32-33H,2,9H2,1,3-8H3/t16?,17-/m0/s1. The maximum Gasteiger partial charge on any atom is 0.0687 e. The summed E-state index contributed by atoms with van der Waals surface area (Å²) in [6, 6.07) is 6.64. The largest absolute Gasteiger partial charge is 0.355 e. The molecule has 1 unspecified atom stereocenters. The van der Waals surface area contributed by atoms with Crippen LogP contribution in [-0.2, 0) is 6.42 Å². The Labute approximate surface area is 201 Å². The van der Waals surface area contributed by atoms with E-state index in [9.17, 15) is 0 Å². The van der Waals surface area contributed by atoms with E-state index >= 15 is 0 Å². The number of allylic oxidation sites excluding steroid dienone is 1. The summed E-state index contributed by atoms with van der Waals surface area (Å²) < 4.78 is 0. The molecule has 2 aliphatic heterocycles. The molecular formula is C30H34N4. The lowest BCUT2D eigenvalue weighted by Gasteiger charge is -2.10. The Morgan fingerprint density at radius 1 is 0.853 bits per heavy atom. The number of rotatable bonds is 2. The van der Waals surface area contributed by atoms with Gasteiger partial charge in [-0.3, -0.25) is 4.98 Å². The molecule has 0 radical (unpaired) electrons. The van der Waals surface area contributed by atoms with Crippen LogP contribution in [0.25, 0.3) is 39.8 Å². The third-order valence-electron chi connectivity index (χ3n) is 7.90. The van der Waals surface area contributed by atoms with Crippen LogP contribution < -0.4 is 0 Å². The molecule has 2 N–H and O–H groups in total. The minimum atomic E-state index is 0.338. The molecule has 2 atom stereocenters. The summed E-state index contributed by atoms with van der Waals surface area (Å²) in [6.45, 7) is 19.5. The summed E-state index contributed by atoms with van der Waals surface area (Å²) in [6.07, 6.45) is 5.11. The van der Waals surface area contributed by atoms with Crippen LogP contribution >= 0.6 is 0 Å². The monoisotopic (exact) mass is 450 g/mol. The summed E-state index contributed by atoms with van der Waals surface area (Å²) in [4.78, 5) is 17.5. The fraction of sp³-hybridized carbons (Fsp3) is 0.333. The van der Waals surface area contributed by atoms with Crippen LogP contribution in [0.4, 0.5) is 0 Å². The Hall–Kier alpha value is -3.40. The molecule has 3 aromatic heterocycles. The highest BCUT2D eigenvalue weighted by Crippen LogP contribution is 2.38. The van der Waals surface area contributed by atoms with Crippen molar-refractivity contribution in [2.45, 2.75) is 66.7 Å². The summed E-state index contributed by atoms with van der Waals surface area (Å²) in [5.41, 5.74) is 16.0. The Morgan fingerprint density at radius 2 is 1.56 bits per heavy atom. The van der Waals surface area contributed by atoms with Gasteiger partial charge in [-0.15, -0.1) is 0 Å². The second kappa shape index (κ2) is 8.12. The van der Waals surface area contributed by atoms with Crippen molar-refractivity contribution in [1.29, 1.82) is 0 Å². The number of nitrogens with zero attached hydrogens (tertiary/aromatic N) is 2. The molecule has 2 aliphatic rings. The van der Waals surface area contributed by atoms with Crippen molar-refractivity contribution in [2.75, 3.05) is 0 Å². The molecule has 174 valence electrons. The number of aromatic amines is 2. The van der Waals surface area contributed by atoms with Gasteiger partial charge in [-0.25, -0.2) is 4.98 Å². The molecule has 4 nitrogen and oxygen atoms in total. The van der Waals surface area contributed by atoms with Gasteiger partial charge in [0.1, 0.15) is 0 Å². The van der Waals surface area contributed by atoms with E-state index in [4.69, 9.17) is 9.97 Å². The molecule has 3 aromatic rings. The smallest absolute Gasteiger partial charge is 0.0687 e. The van der Waals surface area contributed by atoms with Gasteiger partial charge in [0.05, 0.1) is 11.4 Å². The molecule has 0 saturated heterocycles. The van der Waals surface area contributed by atoms with Crippen molar-refractivity contribution in [3.05, 3.63) is 75.4 Å². The molecule has 0 fully saturated rings. The SMILES string of the molecule is C=Cc1c(C)c2cc3nc(c(C)c4nc(cc5[nH]c(cc1[nH]2)c(C)c5CC)C(C)=C4)[C@@H](C)C3C. The quantitative estimate of drug-likeness (QED) is 0.417. The first-order valence-electron chi connectivity index (χ1n) is 12.3. The number of hydrogen-bond donors (Lipinski definition) is 2. The number of fused-ring (bicyclic) bond motifs is 8. The maximum atomic E-state index is 5.14. The molecule has 34 heavy (non-hydrogen) atoms. The van der Waals surface area contributed by atoms with Crippen LogP contribution in [0.3, 0.4) is 0 Å². The Morgan fingerprint density at radius 3 is 2.26 bits per heavy atom. The van der Waals surface area contributed by atoms with Crippen molar-refractivity contribution in [3.8, 4) is 0 Å². The zero-order chi connectivity index (χ0) is 24.3. The van der Waals surface area contributed by atoms with E-state index in [1.807, 2.05) is 6.08 Å². The van der Waals surface area contributed by atoms with Gasteiger partial charge in [-0.1, -0.05) is 33.4 Å². The maximum absolute atomic E-state index is 5.14. The van der Waals surface area contributed by atoms with Crippen molar-refractivity contribution in [2.24, 2.45) is 0 Å². The lowest BCUT2D eigenvalue weighted by Crippen LogP contribution is -1.98. The Kier molecular flexibility index (Phi) is 5.35. The minimum Gasteiger partial charge on any atom is -0.355 e. The van der Waals surface area contributed by atoms with E-state index in [0.29, 0.717) is 11.8 Å². The molecule has 5 heterocycles. The predicted octanol–water partition coefficient (Wildman–Crippen LogP) is 7.91. The van der Waals surface area contributed by atoms with Crippen LogP contribution in [0.15, 0.2) is 24.8 Å². The van der Waals surface area contributed by atoms with E-state index in [1.54, 1.807) is 0 Å². The van der Waals surface area contributed by atoms with Gasteiger partial charge in [-0.05, 0) is 86.2 Å². The van der Waals surface area contributed by atoms with Crippen molar-refractivity contribution in [1.82, 2.24) is 19.9 Å². The van der Waals surface area contributed by atoms with Crippen LogP contribution in [-0.4, -0.2) is 19.9 Å². The average Bonchev–Trinajstić information content (AvgIpc) is 3.49. The summed E-state index contributed by atoms with van der Waals surface area (Å²) in [5, 5.41) is 0. The predicted molar refractivity (Wildman–Crippen MR) is 145 cm³/mol. The lowest BCUT2D eigenvalue weighted by molar-refractivity contribution is 0.652. The first-order chi connectivity index (χ1) is 16.2. The van der Waals surface area contributed by atoms with Crippen molar-refractivity contribution >= 4 is 39.8 Å². The van der Waals surface area contributed by atoms with Crippen LogP contribution in [0.1, 0.15) is 90.1 Å². The fourth-order valence-electron chi connectivity index (χ4n) is 5.43. The number of aromatic nitrogens is 4. The first-order valence-corrected chi connectivity index (χ1v) is 12.3. The van der Waals surface area contributed by atoms with Gasteiger partial charge in [0.2, 0.25) is 0 Å². The third kappa shape index (κ3) is 3.35. The van der Waals surface area contributed by atoms with Gasteiger partial charge in [0.15, 0.2) is 0 Å². The number of hydrogen-bond acceptors (Lipinski definition) is 2. The molecule has 0 saturated carbocycles. The molecule has 0 spiro atoms. The van der Waals surface area contributed by atoms with E-state index in [-0.39, 0.29) is 0 Å². The van der Waals surface area contributed by atoms with Gasteiger partial charge in [-0.2, -0.15) is 0 Å². The van der Waals surface area contributed by atoms with E-state index in [0.717, 1.165) is 56.8 Å². The highest BCUT2D eigenvalue weighted by Gasteiger charge is 2.27. The molecular weight excluding hydrogens is 416 g/mol. The second-order valence-corrected chi connectivity index (χ2v) is 9.87. The molecule has 8 bridgehead atoms. The summed E-state index contributed by atoms with van der Waals surface area (Å²) in [7, 11) is 0. The van der Waals surface area contributed by atoms with Crippen molar-refractivity contribution < 1.29 is 0 Å². The number of nitrogens with one attached hydrogen (secondary N) is 2. The van der Waals surface area contributed by atoms with Crippen molar-refractivity contribution in [3.63, 3.8) is 0 Å². The number of H-pyrrole nitrogens is 2. The first kappa shape index (κ1) is 22.4.